The van der Waals surface area contributed by atoms with E-state index in [1.807, 2.05) is 0 Å². The molecule has 30 heavy (non-hydrogen) atoms. The van der Waals surface area contributed by atoms with Crippen LogP contribution in [-0.4, -0.2) is 47.4 Å². The number of alkyl halides is 3. The zero-order valence-electron chi connectivity index (χ0n) is 16.5. The summed E-state index contributed by atoms with van der Waals surface area (Å²) in [6.07, 6.45) is -5.70. The molecule has 1 aromatic heterocycles. The minimum absolute atomic E-state index is 0.211. The zero-order valence-corrected chi connectivity index (χ0v) is 16.5. The van der Waals surface area contributed by atoms with Gasteiger partial charge in [0.1, 0.15) is 11.6 Å². The zero-order chi connectivity index (χ0) is 22.8. The summed E-state index contributed by atoms with van der Waals surface area (Å²) < 4.78 is 62.9. The van der Waals surface area contributed by atoms with Crippen LogP contribution in [-0.2, 0) is 0 Å². The number of methoxy groups -OCH3 is 1. The third kappa shape index (κ3) is 5.00. The van der Waals surface area contributed by atoms with Crippen LogP contribution in [0.3, 0.4) is 0 Å². The number of carbonyl (C=O) groups excluding carboxylic acids is 1. The molecule has 0 saturated heterocycles. The lowest BCUT2D eigenvalue weighted by atomic mass is 9.79. The van der Waals surface area contributed by atoms with Gasteiger partial charge in [0.05, 0.1) is 18.4 Å². The van der Waals surface area contributed by atoms with Crippen LogP contribution in [0.15, 0.2) is 18.3 Å². The van der Waals surface area contributed by atoms with Gasteiger partial charge in [-0.1, -0.05) is 0 Å². The van der Waals surface area contributed by atoms with Gasteiger partial charge in [0, 0.05) is 17.2 Å². The number of anilines is 1. The van der Waals surface area contributed by atoms with Crippen LogP contribution < -0.4 is 20.3 Å². The molecule has 3 N–H and O–H groups in total. The van der Waals surface area contributed by atoms with E-state index in [9.17, 15) is 32.4 Å². The van der Waals surface area contributed by atoms with Crippen molar-refractivity contribution in [3.05, 3.63) is 40.8 Å². The molecule has 0 aliphatic carbocycles. The van der Waals surface area contributed by atoms with Crippen LogP contribution in [0, 0.1) is 19.7 Å². The lowest BCUT2D eigenvalue weighted by Gasteiger charge is -2.21. The summed E-state index contributed by atoms with van der Waals surface area (Å²) in [5.41, 5.74) is -0.0692. The van der Waals surface area contributed by atoms with Gasteiger partial charge in [-0.05, 0) is 38.5 Å². The molecule has 0 aliphatic rings. The number of rotatable bonds is 6. The molecule has 0 bridgehead atoms. The largest absolute Gasteiger partial charge is 0.491 e. The lowest BCUT2D eigenvalue weighted by Crippen LogP contribution is -2.36. The summed E-state index contributed by atoms with van der Waals surface area (Å²) in [5.74, 6) is -2.64. The fraction of sp³-hybridized carbons (Fsp3) is 0.333. The Balaban J connectivity index is 2.52. The Kier molecular flexibility index (Phi) is 6.93. The van der Waals surface area contributed by atoms with E-state index < -0.39 is 47.9 Å². The summed E-state index contributed by atoms with van der Waals surface area (Å²) >= 11 is 0. The summed E-state index contributed by atoms with van der Waals surface area (Å²) in [5, 5.41) is 21.0. The second-order valence-electron chi connectivity index (χ2n) is 6.45. The number of hydrogen-bond acceptors (Lipinski definition) is 6. The number of benzene rings is 1. The van der Waals surface area contributed by atoms with Crippen molar-refractivity contribution < 1.29 is 41.9 Å². The third-order valence-electron chi connectivity index (χ3n) is 4.28. The number of ether oxygens (including phenoxy) is 2. The Labute approximate surface area is 169 Å². The molecule has 0 aliphatic heterocycles. The maximum absolute atomic E-state index is 14.2. The molecule has 2 aromatic rings. The lowest BCUT2D eigenvalue weighted by molar-refractivity contribution is -0.189. The molecule has 1 heterocycles. The first-order valence-corrected chi connectivity index (χ1v) is 8.61. The van der Waals surface area contributed by atoms with E-state index >= 15 is 0 Å². The SMILES string of the molecule is COc1ncc(C)c(NC(=O)c2cc(F)c(B(O)O)cc2OC(C)C(F)(F)F)c1C. The monoisotopic (exact) mass is 430 g/mol. The third-order valence-corrected chi connectivity index (χ3v) is 4.28. The van der Waals surface area contributed by atoms with Crippen LogP contribution in [0.5, 0.6) is 11.6 Å². The first kappa shape index (κ1) is 23.4. The van der Waals surface area contributed by atoms with Crippen molar-refractivity contribution >= 4 is 24.2 Å². The number of aryl methyl sites for hydroxylation is 1. The van der Waals surface area contributed by atoms with Gasteiger partial charge >= 0.3 is 13.3 Å². The highest BCUT2D eigenvalue weighted by atomic mass is 19.4. The van der Waals surface area contributed by atoms with Crippen molar-refractivity contribution in [3.8, 4) is 11.6 Å². The maximum atomic E-state index is 14.2. The highest BCUT2D eigenvalue weighted by molar-refractivity contribution is 6.58. The topological polar surface area (TPSA) is 101 Å². The first-order valence-electron chi connectivity index (χ1n) is 8.61. The average Bonchev–Trinajstić information content (AvgIpc) is 2.65. The van der Waals surface area contributed by atoms with Crippen molar-refractivity contribution in [2.45, 2.75) is 33.1 Å². The minimum atomic E-state index is -4.77. The van der Waals surface area contributed by atoms with E-state index in [-0.39, 0.29) is 11.6 Å². The predicted octanol–water partition coefficient (Wildman–Crippen LogP) is 2.11. The number of aromatic nitrogens is 1. The van der Waals surface area contributed by atoms with Gasteiger partial charge in [-0.15, -0.1) is 0 Å². The van der Waals surface area contributed by atoms with E-state index in [0.717, 1.165) is 0 Å². The second-order valence-corrected chi connectivity index (χ2v) is 6.45. The Morgan fingerprint density at radius 1 is 1.27 bits per heavy atom. The van der Waals surface area contributed by atoms with Gasteiger partial charge in [-0.25, -0.2) is 9.37 Å². The van der Waals surface area contributed by atoms with E-state index in [1.54, 1.807) is 13.8 Å². The van der Waals surface area contributed by atoms with Crippen molar-refractivity contribution in [2.24, 2.45) is 0 Å². The summed E-state index contributed by atoms with van der Waals surface area (Å²) in [7, 11) is -0.950. The van der Waals surface area contributed by atoms with Crippen LogP contribution in [0.2, 0.25) is 0 Å². The van der Waals surface area contributed by atoms with Crippen molar-refractivity contribution in [3.63, 3.8) is 0 Å². The molecule has 1 aromatic carbocycles. The van der Waals surface area contributed by atoms with Gasteiger partial charge in [-0.2, -0.15) is 13.2 Å². The standard InChI is InChI=1S/C18H19BF4N2O5/c1-8-7-24-17(29-4)9(2)15(8)25-16(26)11-5-13(20)12(19(27)28)6-14(11)30-10(3)18(21,22)23/h5-7,10,27-28H,1-4H3,(H,24,25,26). The number of nitrogens with one attached hydrogen (secondary N) is 1. The number of nitrogens with zero attached hydrogens (tertiary/aromatic N) is 1. The highest BCUT2D eigenvalue weighted by Crippen LogP contribution is 2.30. The maximum Gasteiger partial charge on any atom is 0.491 e. The average molecular weight is 430 g/mol. The molecule has 1 amide bonds. The molecule has 1 unspecified atom stereocenters. The van der Waals surface area contributed by atoms with Crippen LogP contribution in [0.1, 0.15) is 28.4 Å². The van der Waals surface area contributed by atoms with Gasteiger partial charge in [0.25, 0.3) is 5.91 Å². The number of carbonyl (C=O) groups is 1. The van der Waals surface area contributed by atoms with E-state index in [0.29, 0.717) is 30.2 Å². The molecule has 0 spiro atoms. The van der Waals surface area contributed by atoms with E-state index in [2.05, 4.69) is 10.3 Å². The first-order chi connectivity index (χ1) is 13.9. The summed E-state index contributed by atoms with van der Waals surface area (Å²) in [6.45, 7) is 3.93. The minimum Gasteiger partial charge on any atom is -0.481 e. The molecular formula is C18H19BF4N2O5. The molecule has 7 nitrogen and oxygen atoms in total. The Morgan fingerprint density at radius 3 is 2.43 bits per heavy atom. The Morgan fingerprint density at radius 2 is 1.90 bits per heavy atom. The molecule has 12 heteroatoms. The van der Waals surface area contributed by atoms with Crippen LogP contribution in [0.25, 0.3) is 0 Å². The fourth-order valence-electron chi connectivity index (χ4n) is 2.60. The molecule has 162 valence electrons. The molecule has 0 fully saturated rings. The predicted molar refractivity (Wildman–Crippen MR) is 101 cm³/mol. The normalized spacial score (nSPS) is 12.3. The van der Waals surface area contributed by atoms with Gasteiger partial charge in [-0.3, -0.25) is 4.79 Å². The van der Waals surface area contributed by atoms with E-state index in [1.165, 1.54) is 13.3 Å². The number of amides is 1. The number of pyridine rings is 1. The van der Waals surface area contributed by atoms with Crippen LogP contribution >= 0.6 is 0 Å². The smallest absolute Gasteiger partial charge is 0.481 e. The second kappa shape index (κ2) is 8.88. The molecule has 0 radical (unpaired) electrons. The van der Waals surface area contributed by atoms with Crippen LogP contribution in [0.4, 0.5) is 23.2 Å². The van der Waals surface area contributed by atoms with Crippen molar-refractivity contribution in [2.75, 3.05) is 12.4 Å². The molecule has 0 saturated carbocycles. The Bertz CT molecular complexity index is 953. The van der Waals surface area contributed by atoms with Gasteiger partial charge in [0.2, 0.25) is 5.88 Å². The number of halogens is 4. The van der Waals surface area contributed by atoms with E-state index in [4.69, 9.17) is 9.47 Å². The molecule has 2 rings (SSSR count). The van der Waals surface area contributed by atoms with Gasteiger partial charge in [0.15, 0.2) is 6.10 Å². The summed E-state index contributed by atoms with van der Waals surface area (Å²) in [4.78, 5) is 16.8. The molecular weight excluding hydrogens is 411 g/mol. The number of hydrogen-bond donors (Lipinski definition) is 3. The highest BCUT2D eigenvalue weighted by Gasteiger charge is 2.39. The Hall–Kier alpha value is -2.86. The van der Waals surface area contributed by atoms with Crippen molar-refractivity contribution in [1.82, 2.24) is 4.98 Å². The quantitative estimate of drug-likeness (QED) is 0.480. The fourth-order valence-corrected chi connectivity index (χ4v) is 2.60. The molecule has 1 atom stereocenters. The van der Waals surface area contributed by atoms with Gasteiger partial charge < -0.3 is 24.8 Å². The van der Waals surface area contributed by atoms with Crippen molar-refractivity contribution in [1.29, 1.82) is 0 Å². The summed E-state index contributed by atoms with van der Waals surface area (Å²) in [6, 6.07) is 1.22.